The molecule has 0 spiro atoms. The third-order valence-corrected chi connectivity index (χ3v) is 2.26. The van der Waals surface area contributed by atoms with Crippen LogP contribution >= 0.6 is 12.4 Å². The highest BCUT2D eigenvalue weighted by atomic mass is 35.5. The van der Waals surface area contributed by atoms with Gasteiger partial charge in [-0.15, -0.1) is 12.4 Å². The van der Waals surface area contributed by atoms with Crippen molar-refractivity contribution < 1.29 is 18.3 Å². The molecule has 0 aliphatic heterocycles. The van der Waals surface area contributed by atoms with E-state index in [1.807, 2.05) is 0 Å². The predicted molar refractivity (Wildman–Crippen MR) is 70.7 cm³/mol. The van der Waals surface area contributed by atoms with Gasteiger partial charge in [-0.1, -0.05) is 6.07 Å². The first-order valence-corrected chi connectivity index (χ1v) is 5.58. The highest BCUT2D eigenvalue weighted by molar-refractivity contribution is 5.94. The van der Waals surface area contributed by atoms with Crippen molar-refractivity contribution in [2.45, 2.75) is 0 Å². The van der Waals surface area contributed by atoms with Gasteiger partial charge in [0.1, 0.15) is 17.2 Å². The number of amides is 1. The van der Waals surface area contributed by atoms with Gasteiger partial charge in [0.2, 0.25) is 0 Å². The number of nitrogens with one attached hydrogen (secondary N) is 2. The van der Waals surface area contributed by atoms with E-state index in [-0.39, 0.29) is 19.0 Å². The normalized spacial score (nSPS) is 9.84. The molecule has 0 bridgehead atoms. The summed E-state index contributed by atoms with van der Waals surface area (Å²) < 4.78 is 31.3. The number of methoxy groups -OCH3 is 1. The number of rotatable bonds is 7. The van der Waals surface area contributed by atoms with Crippen LogP contribution in [0.3, 0.4) is 0 Å². The molecule has 0 saturated carbocycles. The number of halogens is 3. The van der Waals surface area contributed by atoms with E-state index >= 15 is 0 Å². The molecule has 1 aromatic rings. The number of benzene rings is 1. The van der Waals surface area contributed by atoms with Gasteiger partial charge in [-0.05, 0) is 12.1 Å². The molecule has 19 heavy (non-hydrogen) atoms. The van der Waals surface area contributed by atoms with E-state index < -0.39 is 23.1 Å². The van der Waals surface area contributed by atoms with Crippen molar-refractivity contribution in [3.63, 3.8) is 0 Å². The molecule has 2 N–H and O–H groups in total. The Balaban J connectivity index is 0.00000324. The van der Waals surface area contributed by atoms with Gasteiger partial charge >= 0.3 is 0 Å². The summed E-state index contributed by atoms with van der Waals surface area (Å²) in [5.74, 6) is -2.47. The van der Waals surface area contributed by atoms with Crippen molar-refractivity contribution in [2.75, 3.05) is 33.4 Å². The van der Waals surface area contributed by atoms with Crippen LogP contribution in [0.2, 0.25) is 0 Å². The number of hydrogen-bond acceptors (Lipinski definition) is 3. The molecular weight excluding hydrogens is 278 g/mol. The monoisotopic (exact) mass is 294 g/mol. The van der Waals surface area contributed by atoms with Crippen LogP contribution in [-0.4, -0.2) is 39.3 Å². The molecular formula is C12H17ClF2N2O2. The lowest BCUT2D eigenvalue weighted by molar-refractivity contribution is 0.0945. The van der Waals surface area contributed by atoms with Crippen molar-refractivity contribution in [3.8, 4) is 0 Å². The van der Waals surface area contributed by atoms with Gasteiger partial charge in [-0.3, -0.25) is 4.79 Å². The smallest absolute Gasteiger partial charge is 0.257 e. The van der Waals surface area contributed by atoms with Gasteiger partial charge in [0.15, 0.2) is 0 Å². The first-order valence-electron chi connectivity index (χ1n) is 5.58. The molecule has 0 unspecified atom stereocenters. The van der Waals surface area contributed by atoms with Crippen LogP contribution in [-0.2, 0) is 4.74 Å². The minimum absolute atomic E-state index is 0. The number of ether oxygens (including phenoxy) is 1. The SMILES string of the molecule is COCCNCCNC(=O)c1c(F)cccc1F.Cl. The molecule has 0 aromatic heterocycles. The molecule has 0 fully saturated rings. The van der Waals surface area contributed by atoms with E-state index in [1.54, 1.807) is 7.11 Å². The lowest BCUT2D eigenvalue weighted by Crippen LogP contribution is -2.33. The van der Waals surface area contributed by atoms with E-state index in [1.165, 1.54) is 6.07 Å². The lowest BCUT2D eigenvalue weighted by Gasteiger charge is -2.07. The van der Waals surface area contributed by atoms with E-state index in [2.05, 4.69) is 10.6 Å². The molecule has 0 heterocycles. The molecule has 0 saturated heterocycles. The fourth-order valence-corrected chi connectivity index (χ4v) is 1.37. The maximum absolute atomic E-state index is 13.2. The van der Waals surface area contributed by atoms with Gasteiger partial charge in [0.25, 0.3) is 5.91 Å². The summed E-state index contributed by atoms with van der Waals surface area (Å²) in [5, 5.41) is 5.43. The maximum atomic E-state index is 13.2. The second-order valence-electron chi connectivity index (χ2n) is 3.60. The predicted octanol–water partition coefficient (Wildman–Crippen LogP) is 1.35. The number of hydrogen-bond donors (Lipinski definition) is 2. The topological polar surface area (TPSA) is 50.4 Å². The third-order valence-electron chi connectivity index (χ3n) is 2.26. The summed E-state index contributed by atoms with van der Waals surface area (Å²) in [7, 11) is 1.59. The van der Waals surface area contributed by atoms with Gasteiger partial charge in [-0.2, -0.15) is 0 Å². The van der Waals surface area contributed by atoms with Crippen molar-refractivity contribution in [2.24, 2.45) is 0 Å². The average molecular weight is 295 g/mol. The Kier molecular flexibility index (Phi) is 9.03. The van der Waals surface area contributed by atoms with Gasteiger partial charge in [0.05, 0.1) is 6.61 Å². The molecule has 0 atom stereocenters. The van der Waals surface area contributed by atoms with Gasteiger partial charge in [0, 0.05) is 26.7 Å². The Morgan fingerprint density at radius 3 is 2.42 bits per heavy atom. The fourth-order valence-electron chi connectivity index (χ4n) is 1.37. The Morgan fingerprint density at radius 2 is 1.84 bits per heavy atom. The summed E-state index contributed by atoms with van der Waals surface area (Å²) >= 11 is 0. The van der Waals surface area contributed by atoms with Crippen molar-refractivity contribution in [1.82, 2.24) is 10.6 Å². The fraction of sp³-hybridized carbons (Fsp3) is 0.417. The van der Waals surface area contributed by atoms with Crippen molar-refractivity contribution in [3.05, 3.63) is 35.4 Å². The van der Waals surface area contributed by atoms with Crippen molar-refractivity contribution in [1.29, 1.82) is 0 Å². The highest BCUT2D eigenvalue weighted by Crippen LogP contribution is 2.11. The van der Waals surface area contributed by atoms with Crippen LogP contribution in [0.15, 0.2) is 18.2 Å². The van der Waals surface area contributed by atoms with E-state index in [9.17, 15) is 13.6 Å². The zero-order chi connectivity index (χ0) is 13.4. The molecule has 0 aliphatic carbocycles. The Bertz CT molecular complexity index is 385. The Hall–Kier alpha value is -1.24. The second-order valence-corrected chi connectivity index (χ2v) is 3.60. The lowest BCUT2D eigenvalue weighted by atomic mass is 10.2. The largest absolute Gasteiger partial charge is 0.383 e. The molecule has 4 nitrogen and oxygen atoms in total. The molecule has 7 heteroatoms. The van der Waals surface area contributed by atoms with Crippen LogP contribution in [0.1, 0.15) is 10.4 Å². The van der Waals surface area contributed by atoms with Crippen LogP contribution in [0, 0.1) is 11.6 Å². The minimum Gasteiger partial charge on any atom is -0.383 e. The van der Waals surface area contributed by atoms with E-state index in [0.29, 0.717) is 19.7 Å². The van der Waals surface area contributed by atoms with Crippen LogP contribution in [0.5, 0.6) is 0 Å². The van der Waals surface area contributed by atoms with Gasteiger partial charge < -0.3 is 15.4 Å². The average Bonchev–Trinajstić information content (AvgIpc) is 2.33. The highest BCUT2D eigenvalue weighted by Gasteiger charge is 2.15. The molecule has 1 amide bonds. The summed E-state index contributed by atoms with van der Waals surface area (Å²) in [5.41, 5.74) is -0.547. The van der Waals surface area contributed by atoms with E-state index in [0.717, 1.165) is 12.1 Å². The quantitative estimate of drug-likeness (QED) is 0.747. The first kappa shape index (κ1) is 17.8. The van der Waals surface area contributed by atoms with Crippen LogP contribution in [0.25, 0.3) is 0 Å². The maximum Gasteiger partial charge on any atom is 0.257 e. The third kappa shape index (κ3) is 5.96. The molecule has 0 aliphatic rings. The van der Waals surface area contributed by atoms with Gasteiger partial charge in [-0.25, -0.2) is 8.78 Å². The van der Waals surface area contributed by atoms with E-state index in [4.69, 9.17) is 4.74 Å². The first-order chi connectivity index (χ1) is 8.66. The molecule has 0 radical (unpaired) electrons. The summed E-state index contributed by atoms with van der Waals surface area (Å²) in [6.07, 6.45) is 0. The zero-order valence-electron chi connectivity index (χ0n) is 10.5. The second kappa shape index (κ2) is 9.66. The summed E-state index contributed by atoms with van der Waals surface area (Å²) in [6.45, 7) is 2.01. The Labute approximate surface area is 116 Å². The molecule has 108 valence electrons. The molecule has 1 rings (SSSR count). The zero-order valence-corrected chi connectivity index (χ0v) is 11.4. The summed E-state index contributed by atoms with van der Waals surface area (Å²) in [4.78, 5) is 11.5. The summed E-state index contributed by atoms with van der Waals surface area (Å²) in [6, 6.07) is 3.32. The minimum atomic E-state index is -0.861. The Morgan fingerprint density at radius 1 is 1.21 bits per heavy atom. The number of carbonyl (C=O) groups is 1. The molecule has 1 aromatic carbocycles. The van der Waals surface area contributed by atoms with Crippen LogP contribution < -0.4 is 10.6 Å². The standard InChI is InChI=1S/C12H16F2N2O2.ClH/c1-18-8-7-15-5-6-16-12(17)11-9(13)3-2-4-10(11)14;/h2-4,15H,5-8H2,1H3,(H,16,17);1H. The number of carbonyl (C=O) groups excluding carboxylic acids is 1. The van der Waals surface area contributed by atoms with Crippen molar-refractivity contribution >= 4 is 18.3 Å². The van der Waals surface area contributed by atoms with Crippen LogP contribution in [0.4, 0.5) is 8.78 Å².